The molecule has 1 atom stereocenters. The van der Waals surface area contributed by atoms with E-state index in [4.69, 9.17) is 0 Å². The first-order valence-electron chi connectivity index (χ1n) is 5.65. The van der Waals surface area contributed by atoms with E-state index in [2.05, 4.69) is 34.1 Å². The van der Waals surface area contributed by atoms with Crippen LogP contribution < -0.4 is 0 Å². The van der Waals surface area contributed by atoms with Crippen LogP contribution in [0.4, 0.5) is 0 Å². The lowest BCUT2D eigenvalue weighted by Gasteiger charge is -2.10. The predicted molar refractivity (Wildman–Crippen MR) is 80.0 cm³/mol. The quantitative estimate of drug-likeness (QED) is 0.723. The molecule has 0 aliphatic carbocycles. The summed E-state index contributed by atoms with van der Waals surface area (Å²) in [7, 11) is 0. The lowest BCUT2D eigenvalue weighted by molar-refractivity contribution is 0.221. The molecule has 3 heteroatoms. The molecule has 0 saturated carbocycles. The van der Waals surface area contributed by atoms with Crippen LogP contribution in [0.1, 0.15) is 17.2 Å². The molecule has 1 N–H and O–H groups in total. The summed E-state index contributed by atoms with van der Waals surface area (Å²) < 4.78 is 1.04. The van der Waals surface area contributed by atoms with Gasteiger partial charge in [0.25, 0.3) is 0 Å². The summed E-state index contributed by atoms with van der Waals surface area (Å²) in [6.07, 6.45) is -0.558. The first-order valence-corrected chi connectivity index (χ1v) is 7.32. The van der Waals surface area contributed by atoms with E-state index in [1.54, 1.807) is 11.3 Å². The molecular formula is C15H11BrOS. The van der Waals surface area contributed by atoms with Crippen LogP contribution in [0.15, 0.2) is 57.7 Å². The number of aliphatic hydroxyl groups is 1. The highest BCUT2D eigenvalue weighted by Gasteiger charge is 2.12. The maximum absolute atomic E-state index is 10.4. The molecule has 0 fully saturated rings. The largest absolute Gasteiger partial charge is 0.384 e. The Labute approximate surface area is 118 Å². The van der Waals surface area contributed by atoms with Gasteiger partial charge in [0.1, 0.15) is 6.10 Å². The zero-order valence-electron chi connectivity index (χ0n) is 9.51. The summed E-state index contributed by atoms with van der Waals surface area (Å²) in [5.41, 5.74) is 1.86. The van der Waals surface area contributed by atoms with E-state index in [-0.39, 0.29) is 0 Å². The van der Waals surface area contributed by atoms with Gasteiger partial charge in [-0.1, -0.05) is 36.4 Å². The van der Waals surface area contributed by atoms with Crippen molar-refractivity contribution in [1.82, 2.24) is 0 Å². The summed E-state index contributed by atoms with van der Waals surface area (Å²) >= 11 is 5.01. The third-order valence-corrected chi connectivity index (χ3v) is 4.52. The second-order valence-electron chi connectivity index (χ2n) is 4.19. The van der Waals surface area contributed by atoms with E-state index in [0.29, 0.717) is 0 Å². The lowest BCUT2D eigenvalue weighted by Crippen LogP contribution is -1.97. The van der Waals surface area contributed by atoms with Gasteiger partial charge < -0.3 is 5.11 Å². The molecule has 90 valence electrons. The van der Waals surface area contributed by atoms with Crippen molar-refractivity contribution in [2.45, 2.75) is 6.10 Å². The van der Waals surface area contributed by atoms with Gasteiger partial charge in [0.2, 0.25) is 0 Å². The zero-order valence-corrected chi connectivity index (χ0v) is 11.9. The van der Waals surface area contributed by atoms with Gasteiger partial charge in [-0.3, -0.25) is 0 Å². The maximum Gasteiger partial charge on any atom is 0.105 e. The highest BCUT2D eigenvalue weighted by molar-refractivity contribution is 9.11. The number of aliphatic hydroxyl groups excluding tert-OH is 1. The molecule has 0 bridgehead atoms. The normalized spacial score (nSPS) is 12.8. The number of halogens is 1. The van der Waals surface area contributed by atoms with Crippen molar-refractivity contribution in [3.05, 3.63) is 68.8 Å². The highest BCUT2D eigenvalue weighted by Crippen LogP contribution is 2.30. The molecule has 1 heterocycles. The SMILES string of the molecule is OC(c1csc(Br)c1)c1ccc2ccccc2c1. The molecule has 1 unspecified atom stereocenters. The first-order chi connectivity index (χ1) is 8.74. The molecular weight excluding hydrogens is 308 g/mol. The van der Waals surface area contributed by atoms with Crippen LogP contribution in [0.3, 0.4) is 0 Å². The Morgan fingerprint density at radius 1 is 0.944 bits per heavy atom. The van der Waals surface area contributed by atoms with Gasteiger partial charge >= 0.3 is 0 Å². The number of rotatable bonds is 2. The zero-order chi connectivity index (χ0) is 12.5. The smallest absolute Gasteiger partial charge is 0.105 e. The molecule has 0 saturated heterocycles. The summed E-state index contributed by atoms with van der Waals surface area (Å²) in [4.78, 5) is 0. The maximum atomic E-state index is 10.4. The number of hydrogen-bond donors (Lipinski definition) is 1. The average Bonchev–Trinajstić information content (AvgIpc) is 2.84. The van der Waals surface area contributed by atoms with E-state index in [1.807, 2.05) is 35.7 Å². The summed E-state index contributed by atoms with van der Waals surface area (Å²) in [6, 6.07) is 16.2. The van der Waals surface area contributed by atoms with Gasteiger partial charge in [-0.2, -0.15) is 0 Å². The van der Waals surface area contributed by atoms with Crippen LogP contribution in [0, 0.1) is 0 Å². The van der Waals surface area contributed by atoms with E-state index in [9.17, 15) is 5.11 Å². The molecule has 2 aromatic carbocycles. The van der Waals surface area contributed by atoms with Gasteiger partial charge in [0.05, 0.1) is 3.79 Å². The van der Waals surface area contributed by atoms with E-state index < -0.39 is 6.10 Å². The molecule has 0 radical (unpaired) electrons. The van der Waals surface area contributed by atoms with Crippen molar-refractivity contribution in [3.63, 3.8) is 0 Å². The Kier molecular flexibility index (Phi) is 3.20. The molecule has 1 aromatic heterocycles. The number of hydrogen-bond acceptors (Lipinski definition) is 2. The van der Waals surface area contributed by atoms with Crippen LogP contribution in [0.5, 0.6) is 0 Å². The molecule has 0 aliphatic rings. The Morgan fingerprint density at radius 3 is 2.44 bits per heavy atom. The molecule has 0 spiro atoms. The minimum Gasteiger partial charge on any atom is -0.384 e. The number of thiophene rings is 1. The monoisotopic (exact) mass is 318 g/mol. The first kappa shape index (κ1) is 11.9. The van der Waals surface area contributed by atoms with Gasteiger partial charge in [-0.25, -0.2) is 0 Å². The fourth-order valence-corrected chi connectivity index (χ4v) is 3.23. The Bertz CT molecular complexity index is 690. The minimum atomic E-state index is -0.558. The molecule has 1 nitrogen and oxygen atoms in total. The topological polar surface area (TPSA) is 20.2 Å². The van der Waals surface area contributed by atoms with Gasteiger partial charge in [-0.05, 0) is 55.3 Å². The molecule has 3 aromatic rings. The lowest BCUT2D eigenvalue weighted by atomic mass is 10.0. The predicted octanol–water partition coefficient (Wildman–Crippen LogP) is 4.75. The third kappa shape index (κ3) is 2.21. The van der Waals surface area contributed by atoms with Crippen LogP contribution >= 0.6 is 27.3 Å². The van der Waals surface area contributed by atoms with Gasteiger partial charge in [0, 0.05) is 0 Å². The Balaban J connectivity index is 2.03. The summed E-state index contributed by atoms with van der Waals surface area (Å²) in [6.45, 7) is 0. The van der Waals surface area contributed by atoms with Gasteiger partial charge in [0.15, 0.2) is 0 Å². The van der Waals surface area contributed by atoms with E-state index >= 15 is 0 Å². The molecule has 3 rings (SSSR count). The average molecular weight is 319 g/mol. The standard InChI is InChI=1S/C15H11BrOS/c16-14-8-13(9-18-14)15(17)12-6-5-10-3-1-2-4-11(10)7-12/h1-9,15,17H. The molecule has 0 aliphatic heterocycles. The van der Waals surface area contributed by atoms with Crippen molar-refractivity contribution in [3.8, 4) is 0 Å². The van der Waals surface area contributed by atoms with Gasteiger partial charge in [-0.15, -0.1) is 11.3 Å². The Hall–Kier alpha value is -1.16. The van der Waals surface area contributed by atoms with E-state index in [0.717, 1.165) is 20.3 Å². The molecule has 18 heavy (non-hydrogen) atoms. The Morgan fingerprint density at radius 2 is 1.72 bits per heavy atom. The summed E-state index contributed by atoms with van der Waals surface area (Å²) in [5, 5.41) is 14.7. The fraction of sp³-hybridized carbons (Fsp3) is 0.0667. The minimum absolute atomic E-state index is 0.558. The highest BCUT2D eigenvalue weighted by atomic mass is 79.9. The van der Waals surface area contributed by atoms with Crippen molar-refractivity contribution >= 4 is 38.0 Å². The van der Waals surface area contributed by atoms with Crippen LogP contribution in [0.25, 0.3) is 10.8 Å². The van der Waals surface area contributed by atoms with Crippen molar-refractivity contribution < 1.29 is 5.11 Å². The van der Waals surface area contributed by atoms with Crippen molar-refractivity contribution in [2.75, 3.05) is 0 Å². The number of benzene rings is 2. The fourth-order valence-electron chi connectivity index (χ4n) is 2.04. The second-order valence-corrected chi connectivity index (χ2v) is 6.48. The molecule has 0 amide bonds. The van der Waals surface area contributed by atoms with Crippen LogP contribution in [-0.2, 0) is 0 Å². The van der Waals surface area contributed by atoms with Crippen LogP contribution in [0.2, 0.25) is 0 Å². The van der Waals surface area contributed by atoms with Crippen molar-refractivity contribution in [2.24, 2.45) is 0 Å². The second kappa shape index (κ2) is 4.84. The summed E-state index contributed by atoms with van der Waals surface area (Å²) in [5.74, 6) is 0. The van der Waals surface area contributed by atoms with Crippen LogP contribution in [-0.4, -0.2) is 5.11 Å². The van der Waals surface area contributed by atoms with E-state index in [1.165, 1.54) is 5.39 Å². The third-order valence-electron chi connectivity index (χ3n) is 2.99. The number of fused-ring (bicyclic) bond motifs is 1. The van der Waals surface area contributed by atoms with Crippen molar-refractivity contribution in [1.29, 1.82) is 0 Å².